The van der Waals surface area contributed by atoms with Crippen molar-refractivity contribution in [3.05, 3.63) is 76.3 Å². The first-order valence-corrected chi connectivity index (χ1v) is 8.33. The Balaban J connectivity index is 1.68. The summed E-state index contributed by atoms with van der Waals surface area (Å²) in [5, 5.41) is 0.809. The zero-order chi connectivity index (χ0) is 15.1. The van der Waals surface area contributed by atoms with Gasteiger partial charge in [-0.1, -0.05) is 59.6 Å². The van der Waals surface area contributed by atoms with Gasteiger partial charge >= 0.3 is 0 Å². The molecule has 0 N–H and O–H groups in total. The van der Waals surface area contributed by atoms with E-state index in [2.05, 4.69) is 54.3 Å². The van der Waals surface area contributed by atoms with Gasteiger partial charge in [-0.15, -0.1) is 0 Å². The number of benzene rings is 2. The highest BCUT2D eigenvalue weighted by Gasteiger charge is 2.38. The molecule has 2 bridgehead atoms. The van der Waals surface area contributed by atoms with Gasteiger partial charge in [-0.05, 0) is 35.8 Å². The van der Waals surface area contributed by atoms with Gasteiger partial charge in [0.25, 0.3) is 0 Å². The van der Waals surface area contributed by atoms with Crippen LogP contribution in [0.25, 0.3) is 5.57 Å². The van der Waals surface area contributed by atoms with E-state index in [0.717, 1.165) is 11.6 Å². The van der Waals surface area contributed by atoms with E-state index in [9.17, 15) is 0 Å². The van der Waals surface area contributed by atoms with Crippen LogP contribution in [0.4, 0.5) is 0 Å². The Kier molecular flexibility index (Phi) is 3.56. The smallest absolute Gasteiger partial charge is 0.0406 e. The molecule has 3 atom stereocenters. The second kappa shape index (κ2) is 5.57. The van der Waals surface area contributed by atoms with Crippen LogP contribution in [0, 0.1) is 12.8 Å². The molecule has 1 unspecified atom stereocenters. The van der Waals surface area contributed by atoms with Gasteiger partial charge in [0.2, 0.25) is 0 Å². The first-order chi connectivity index (χ1) is 10.7. The molecule has 0 saturated carbocycles. The van der Waals surface area contributed by atoms with Crippen molar-refractivity contribution >= 4 is 17.2 Å². The molecule has 2 heterocycles. The molecule has 0 aliphatic carbocycles. The average molecular weight is 310 g/mol. The third-order valence-corrected chi connectivity index (χ3v) is 5.30. The van der Waals surface area contributed by atoms with Gasteiger partial charge in [0.15, 0.2) is 0 Å². The summed E-state index contributed by atoms with van der Waals surface area (Å²) in [6.45, 7) is 5.56. The maximum atomic E-state index is 6.04. The van der Waals surface area contributed by atoms with Crippen LogP contribution in [-0.2, 0) is 0 Å². The third-order valence-electron chi connectivity index (χ3n) is 5.05. The summed E-state index contributed by atoms with van der Waals surface area (Å²) in [6, 6.07) is 17.4. The summed E-state index contributed by atoms with van der Waals surface area (Å²) in [4.78, 5) is 2.56. The van der Waals surface area contributed by atoms with Crippen molar-refractivity contribution in [1.29, 1.82) is 0 Å². The monoisotopic (exact) mass is 309 g/mol. The van der Waals surface area contributed by atoms with Crippen LogP contribution >= 0.6 is 11.6 Å². The number of rotatable bonds is 2. The Labute approximate surface area is 137 Å². The Morgan fingerprint density at radius 1 is 0.909 bits per heavy atom. The summed E-state index contributed by atoms with van der Waals surface area (Å²) in [5.41, 5.74) is 5.63. The molecule has 2 aliphatic rings. The maximum Gasteiger partial charge on any atom is 0.0406 e. The normalized spacial score (nSPS) is 26.8. The molecule has 0 radical (unpaired) electrons. The van der Waals surface area contributed by atoms with Crippen LogP contribution in [0.1, 0.15) is 22.6 Å². The number of hydrogen-bond donors (Lipinski definition) is 0. The quantitative estimate of drug-likeness (QED) is 0.773. The number of fused-ring (bicyclic) bond motifs is 2. The summed E-state index contributed by atoms with van der Waals surface area (Å²) in [7, 11) is 0. The van der Waals surface area contributed by atoms with Crippen molar-refractivity contribution in [3.63, 3.8) is 0 Å². The fraction of sp³-hybridized carbons (Fsp3) is 0.300. The standard InChI is InChI=1S/C20H20ClN/c1-14-2-4-16(5-3-14)19-12-22-11-10-18(20(19)13-22)15-6-8-17(21)9-7-15/h2-10,19-20H,11-13H2,1H3/t19-,20+/m0/s1. The molecule has 2 aromatic carbocycles. The Morgan fingerprint density at radius 3 is 2.32 bits per heavy atom. The van der Waals surface area contributed by atoms with Gasteiger partial charge in [0, 0.05) is 36.5 Å². The van der Waals surface area contributed by atoms with Crippen LogP contribution in [0.3, 0.4) is 0 Å². The molecular weight excluding hydrogens is 290 g/mol. The van der Waals surface area contributed by atoms with Crippen LogP contribution < -0.4 is 0 Å². The van der Waals surface area contributed by atoms with Crippen molar-refractivity contribution in [1.82, 2.24) is 4.90 Å². The highest BCUT2D eigenvalue weighted by molar-refractivity contribution is 6.30. The van der Waals surface area contributed by atoms with Gasteiger partial charge in [-0.25, -0.2) is 0 Å². The van der Waals surface area contributed by atoms with Gasteiger partial charge in [0.1, 0.15) is 0 Å². The Bertz CT molecular complexity index is 699. The van der Waals surface area contributed by atoms with Gasteiger partial charge in [-0.2, -0.15) is 0 Å². The van der Waals surface area contributed by atoms with E-state index in [4.69, 9.17) is 11.6 Å². The topological polar surface area (TPSA) is 3.24 Å². The minimum absolute atomic E-state index is 0.595. The lowest BCUT2D eigenvalue weighted by Gasteiger charge is -2.25. The maximum absolute atomic E-state index is 6.04. The fourth-order valence-corrected chi connectivity index (χ4v) is 3.98. The largest absolute Gasteiger partial charge is 0.298 e. The first-order valence-electron chi connectivity index (χ1n) is 7.95. The van der Waals surface area contributed by atoms with Crippen molar-refractivity contribution in [3.8, 4) is 0 Å². The minimum atomic E-state index is 0.595. The lowest BCUT2D eigenvalue weighted by Crippen LogP contribution is -2.24. The van der Waals surface area contributed by atoms with Crippen LogP contribution in [0.15, 0.2) is 54.6 Å². The Morgan fingerprint density at radius 2 is 1.59 bits per heavy atom. The second-order valence-electron chi connectivity index (χ2n) is 6.51. The molecule has 0 aromatic heterocycles. The molecule has 4 rings (SSSR count). The third kappa shape index (κ3) is 2.49. The van der Waals surface area contributed by atoms with Crippen LogP contribution in [0.5, 0.6) is 0 Å². The van der Waals surface area contributed by atoms with Gasteiger partial charge in [0.05, 0.1) is 0 Å². The van der Waals surface area contributed by atoms with Crippen molar-refractivity contribution in [2.45, 2.75) is 12.8 Å². The van der Waals surface area contributed by atoms with E-state index in [1.165, 1.54) is 35.4 Å². The summed E-state index contributed by atoms with van der Waals surface area (Å²) in [6.07, 6.45) is 2.41. The zero-order valence-electron chi connectivity index (χ0n) is 12.8. The lowest BCUT2D eigenvalue weighted by atomic mass is 9.80. The van der Waals surface area contributed by atoms with Crippen LogP contribution in [-0.4, -0.2) is 24.5 Å². The molecule has 112 valence electrons. The predicted molar refractivity (Wildman–Crippen MR) is 93.3 cm³/mol. The molecule has 1 saturated heterocycles. The predicted octanol–water partition coefficient (Wildman–Crippen LogP) is 4.76. The second-order valence-corrected chi connectivity index (χ2v) is 6.95. The Hall–Kier alpha value is -1.57. The fourth-order valence-electron chi connectivity index (χ4n) is 3.85. The van der Waals surface area contributed by atoms with Gasteiger partial charge in [-0.3, -0.25) is 4.90 Å². The van der Waals surface area contributed by atoms with E-state index in [0.29, 0.717) is 11.8 Å². The summed E-state index contributed by atoms with van der Waals surface area (Å²) < 4.78 is 0. The summed E-state index contributed by atoms with van der Waals surface area (Å²) in [5.74, 6) is 1.20. The van der Waals surface area contributed by atoms with Crippen LogP contribution in [0.2, 0.25) is 5.02 Å². The number of halogens is 1. The highest BCUT2D eigenvalue weighted by atomic mass is 35.5. The van der Waals surface area contributed by atoms with E-state index < -0.39 is 0 Å². The zero-order valence-corrected chi connectivity index (χ0v) is 13.6. The average Bonchev–Trinajstić information content (AvgIpc) is 2.87. The molecule has 22 heavy (non-hydrogen) atoms. The number of aryl methyl sites for hydroxylation is 1. The minimum Gasteiger partial charge on any atom is -0.298 e. The molecule has 1 nitrogen and oxygen atoms in total. The van der Waals surface area contributed by atoms with Crippen molar-refractivity contribution in [2.75, 3.05) is 19.6 Å². The van der Waals surface area contributed by atoms with Crippen molar-refractivity contribution < 1.29 is 0 Å². The summed E-state index contributed by atoms with van der Waals surface area (Å²) >= 11 is 6.04. The van der Waals surface area contributed by atoms with Gasteiger partial charge < -0.3 is 0 Å². The molecular formula is C20H20ClN. The number of nitrogens with zero attached hydrogens (tertiary/aromatic N) is 1. The van der Waals surface area contributed by atoms with E-state index in [1.807, 2.05) is 12.1 Å². The SMILES string of the molecule is Cc1ccc([C@@H]2CN3CC=C(c4ccc(Cl)cc4)[C@H]2C3)cc1. The molecule has 2 aromatic rings. The van der Waals surface area contributed by atoms with E-state index in [1.54, 1.807) is 0 Å². The molecule has 1 fully saturated rings. The molecule has 0 spiro atoms. The first kappa shape index (κ1) is 14.0. The van der Waals surface area contributed by atoms with E-state index in [-0.39, 0.29) is 0 Å². The van der Waals surface area contributed by atoms with E-state index >= 15 is 0 Å². The molecule has 2 aliphatic heterocycles. The highest BCUT2D eigenvalue weighted by Crippen LogP contribution is 2.43. The molecule has 2 heteroatoms. The van der Waals surface area contributed by atoms with Crippen molar-refractivity contribution in [2.24, 2.45) is 5.92 Å². The lowest BCUT2D eigenvalue weighted by molar-refractivity contribution is 0.360. The number of hydrogen-bond acceptors (Lipinski definition) is 1. The molecule has 0 amide bonds.